The predicted octanol–water partition coefficient (Wildman–Crippen LogP) is 3.26. The van der Waals surface area contributed by atoms with Crippen molar-refractivity contribution >= 4 is 11.5 Å². The number of hydrogen-bond donors (Lipinski definition) is 1. The number of aromatic nitrogens is 1. The molecule has 0 aliphatic heterocycles. The van der Waals surface area contributed by atoms with E-state index in [0.717, 1.165) is 42.3 Å². The molecular formula is C17H20N4. The van der Waals surface area contributed by atoms with Crippen LogP contribution in [0.15, 0.2) is 36.4 Å². The molecule has 4 heteroatoms. The maximum Gasteiger partial charge on any atom is 0.130 e. The number of rotatable bonds is 5. The zero-order chi connectivity index (χ0) is 15.2. The molecule has 0 spiro atoms. The van der Waals surface area contributed by atoms with Crippen molar-refractivity contribution in [3.05, 3.63) is 53.2 Å². The molecule has 0 unspecified atom stereocenters. The molecule has 0 bridgehead atoms. The predicted molar refractivity (Wildman–Crippen MR) is 85.9 cm³/mol. The molecule has 0 amide bonds. The van der Waals surface area contributed by atoms with Crippen LogP contribution in [-0.2, 0) is 6.54 Å². The monoisotopic (exact) mass is 280 g/mol. The molecular weight excluding hydrogens is 260 g/mol. The quantitative estimate of drug-likeness (QED) is 0.854. The van der Waals surface area contributed by atoms with Gasteiger partial charge >= 0.3 is 0 Å². The molecule has 0 atom stereocenters. The van der Waals surface area contributed by atoms with Gasteiger partial charge in [0, 0.05) is 24.5 Å². The van der Waals surface area contributed by atoms with Crippen molar-refractivity contribution in [1.29, 1.82) is 5.26 Å². The molecule has 0 saturated carbocycles. The lowest BCUT2D eigenvalue weighted by Crippen LogP contribution is -2.24. The van der Waals surface area contributed by atoms with E-state index in [1.54, 1.807) is 6.07 Å². The highest BCUT2D eigenvalue weighted by molar-refractivity contribution is 5.48. The summed E-state index contributed by atoms with van der Waals surface area (Å²) in [7, 11) is 0. The molecule has 2 N–H and O–H groups in total. The Labute approximate surface area is 125 Å². The number of pyridine rings is 1. The lowest BCUT2D eigenvalue weighted by Gasteiger charge is -2.24. The molecule has 0 aliphatic rings. The molecule has 0 radical (unpaired) electrons. The second-order valence-corrected chi connectivity index (χ2v) is 5.13. The summed E-state index contributed by atoms with van der Waals surface area (Å²) in [6.45, 7) is 5.67. The molecule has 0 fully saturated rings. The Morgan fingerprint density at radius 3 is 2.76 bits per heavy atom. The first kappa shape index (κ1) is 14.9. The van der Waals surface area contributed by atoms with Gasteiger partial charge in [0.25, 0.3) is 0 Å². The Bertz CT molecular complexity index is 658. The zero-order valence-electron chi connectivity index (χ0n) is 12.5. The zero-order valence-corrected chi connectivity index (χ0v) is 12.5. The van der Waals surface area contributed by atoms with Crippen molar-refractivity contribution < 1.29 is 0 Å². The van der Waals surface area contributed by atoms with Gasteiger partial charge in [-0.2, -0.15) is 5.26 Å². The first-order chi connectivity index (χ1) is 10.1. The van der Waals surface area contributed by atoms with Crippen LogP contribution in [0.3, 0.4) is 0 Å². The van der Waals surface area contributed by atoms with Crippen LogP contribution >= 0.6 is 0 Å². The Morgan fingerprint density at radius 1 is 1.29 bits per heavy atom. The molecule has 21 heavy (non-hydrogen) atoms. The minimum atomic E-state index is 0.645. The summed E-state index contributed by atoms with van der Waals surface area (Å²) >= 11 is 0. The maximum absolute atomic E-state index is 9.11. The Kier molecular flexibility index (Phi) is 4.78. The summed E-state index contributed by atoms with van der Waals surface area (Å²) in [5, 5.41) is 9.11. The van der Waals surface area contributed by atoms with Gasteiger partial charge in [0.05, 0.1) is 11.6 Å². The summed E-state index contributed by atoms with van der Waals surface area (Å²) < 4.78 is 0. The van der Waals surface area contributed by atoms with Crippen molar-refractivity contribution in [1.82, 2.24) is 4.98 Å². The SMILES string of the molecule is CCCN(Cc1cccc(N)c1)c1cc(C#N)cc(C)n1. The molecule has 4 nitrogen and oxygen atoms in total. The number of nitrogen functional groups attached to an aromatic ring is 1. The number of benzene rings is 1. The van der Waals surface area contributed by atoms with Gasteiger partial charge in [-0.15, -0.1) is 0 Å². The van der Waals surface area contributed by atoms with Crippen LogP contribution in [-0.4, -0.2) is 11.5 Å². The van der Waals surface area contributed by atoms with Crippen molar-refractivity contribution in [3.63, 3.8) is 0 Å². The van der Waals surface area contributed by atoms with E-state index in [1.807, 2.05) is 31.2 Å². The number of nitrogens with zero attached hydrogens (tertiary/aromatic N) is 3. The summed E-state index contributed by atoms with van der Waals surface area (Å²) in [5.74, 6) is 0.843. The van der Waals surface area contributed by atoms with Crippen molar-refractivity contribution in [2.24, 2.45) is 0 Å². The average molecular weight is 280 g/mol. The van der Waals surface area contributed by atoms with Gasteiger partial charge in [0.2, 0.25) is 0 Å². The first-order valence-corrected chi connectivity index (χ1v) is 7.10. The number of hydrogen-bond acceptors (Lipinski definition) is 4. The van der Waals surface area contributed by atoms with E-state index >= 15 is 0 Å². The number of nitrogens with two attached hydrogens (primary N) is 1. The molecule has 2 rings (SSSR count). The number of nitriles is 1. The first-order valence-electron chi connectivity index (χ1n) is 7.10. The van der Waals surface area contributed by atoms with Crippen molar-refractivity contribution in [3.8, 4) is 6.07 Å². The summed E-state index contributed by atoms with van der Waals surface area (Å²) in [6, 6.07) is 13.7. The van der Waals surface area contributed by atoms with E-state index in [0.29, 0.717) is 5.56 Å². The Hall–Kier alpha value is -2.54. The third-order valence-corrected chi connectivity index (χ3v) is 3.21. The van der Waals surface area contributed by atoms with Gasteiger partial charge in [-0.25, -0.2) is 4.98 Å². The van der Waals surface area contributed by atoms with E-state index in [1.165, 1.54) is 0 Å². The summed E-state index contributed by atoms with van der Waals surface area (Å²) in [6.07, 6.45) is 1.01. The second-order valence-electron chi connectivity index (χ2n) is 5.13. The molecule has 1 aromatic carbocycles. The fourth-order valence-electron chi connectivity index (χ4n) is 2.33. The van der Waals surface area contributed by atoms with Gasteiger partial charge in [-0.1, -0.05) is 19.1 Å². The van der Waals surface area contributed by atoms with Crippen LogP contribution in [0.1, 0.15) is 30.2 Å². The van der Waals surface area contributed by atoms with Crippen LogP contribution in [0, 0.1) is 18.3 Å². The second kappa shape index (κ2) is 6.76. The van der Waals surface area contributed by atoms with E-state index < -0.39 is 0 Å². The standard InChI is InChI=1S/C17H20N4/c1-3-7-21(12-14-5-4-6-16(19)9-14)17-10-15(11-18)8-13(2)20-17/h4-6,8-10H,3,7,12,19H2,1-2H3. The molecule has 108 valence electrons. The fraction of sp³-hybridized carbons (Fsp3) is 0.294. The minimum Gasteiger partial charge on any atom is -0.399 e. The minimum absolute atomic E-state index is 0.645. The highest BCUT2D eigenvalue weighted by Crippen LogP contribution is 2.19. The van der Waals surface area contributed by atoms with Crippen LogP contribution < -0.4 is 10.6 Å². The van der Waals surface area contributed by atoms with Crippen LogP contribution in [0.4, 0.5) is 11.5 Å². The third-order valence-electron chi connectivity index (χ3n) is 3.21. The van der Waals surface area contributed by atoms with Gasteiger partial charge in [0.15, 0.2) is 0 Å². The Balaban J connectivity index is 2.30. The van der Waals surface area contributed by atoms with E-state index in [9.17, 15) is 0 Å². The van der Waals surface area contributed by atoms with Gasteiger partial charge in [-0.3, -0.25) is 0 Å². The van der Waals surface area contributed by atoms with Crippen molar-refractivity contribution in [2.75, 3.05) is 17.2 Å². The number of anilines is 2. The highest BCUT2D eigenvalue weighted by Gasteiger charge is 2.10. The lowest BCUT2D eigenvalue weighted by molar-refractivity contribution is 0.753. The molecule has 0 aliphatic carbocycles. The Morgan fingerprint density at radius 2 is 2.10 bits per heavy atom. The molecule has 1 aromatic heterocycles. The largest absolute Gasteiger partial charge is 0.399 e. The van der Waals surface area contributed by atoms with E-state index in [-0.39, 0.29) is 0 Å². The molecule has 2 aromatic rings. The van der Waals surface area contributed by atoms with Gasteiger partial charge < -0.3 is 10.6 Å². The van der Waals surface area contributed by atoms with Gasteiger partial charge in [0.1, 0.15) is 5.82 Å². The lowest BCUT2D eigenvalue weighted by atomic mass is 10.1. The normalized spacial score (nSPS) is 10.1. The highest BCUT2D eigenvalue weighted by atomic mass is 15.2. The summed E-state index contributed by atoms with van der Waals surface area (Å²) in [5.41, 5.74) is 9.25. The third kappa shape index (κ3) is 3.96. The molecule has 1 heterocycles. The molecule has 0 saturated heterocycles. The topological polar surface area (TPSA) is 65.9 Å². The van der Waals surface area contributed by atoms with E-state index in [4.69, 9.17) is 11.0 Å². The van der Waals surface area contributed by atoms with Crippen molar-refractivity contribution in [2.45, 2.75) is 26.8 Å². The number of aryl methyl sites for hydroxylation is 1. The van der Waals surface area contributed by atoms with Crippen LogP contribution in [0.5, 0.6) is 0 Å². The van der Waals surface area contributed by atoms with Crippen LogP contribution in [0.25, 0.3) is 0 Å². The summed E-state index contributed by atoms with van der Waals surface area (Å²) in [4.78, 5) is 6.75. The fourth-order valence-corrected chi connectivity index (χ4v) is 2.33. The van der Waals surface area contributed by atoms with E-state index in [2.05, 4.69) is 28.9 Å². The smallest absolute Gasteiger partial charge is 0.130 e. The van der Waals surface area contributed by atoms with Crippen LogP contribution in [0.2, 0.25) is 0 Å². The average Bonchev–Trinajstić information content (AvgIpc) is 2.46. The van der Waals surface area contributed by atoms with Gasteiger partial charge in [-0.05, 0) is 43.2 Å². The maximum atomic E-state index is 9.11.